The summed E-state index contributed by atoms with van der Waals surface area (Å²) in [6.45, 7) is 0. The Kier molecular flexibility index (Phi) is 4.67. The molecule has 3 N–H and O–H groups in total. The van der Waals surface area contributed by atoms with Crippen molar-refractivity contribution in [1.82, 2.24) is 10.4 Å². The van der Waals surface area contributed by atoms with E-state index in [1.807, 2.05) is 12.1 Å². The average molecular weight is 312 g/mol. The second-order valence-electron chi connectivity index (χ2n) is 3.76. The summed E-state index contributed by atoms with van der Waals surface area (Å²) in [5.74, 6) is 5.60. The van der Waals surface area contributed by atoms with Crippen molar-refractivity contribution in [2.45, 2.75) is 18.9 Å². The predicted octanol–water partition coefficient (Wildman–Crippen LogP) is 3.04. The van der Waals surface area contributed by atoms with Crippen molar-refractivity contribution in [3.05, 3.63) is 50.9 Å². The van der Waals surface area contributed by atoms with Crippen molar-refractivity contribution in [3.8, 4) is 0 Å². The highest BCUT2D eigenvalue weighted by Gasteiger charge is 2.14. The molecule has 90 valence electrons. The van der Waals surface area contributed by atoms with Crippen LogP contribution >= 0.6 is 27.3 Å². The topological polar surface area (TPSA) is 50.9 Å². The molecule has 0 bridgehead atoms. The summed E-state index contributed by atoms with van der Waals surface area (Å²) in [5.41, 5.74) is 5.15. The van der Waals surface area contributed by atoms with Gasteiger partial charge in [-0.2, -0.15) is 11.3 Å². The highest BCUT2D eigenvalue weighted by molar-refractivity contribution is 9.10. The fourth-order valence-electron chi connectivity index (χ4n) is 1.70. The standard InChI is InChI=1S/C12H14BrN3S/c13-10-2-1-6-15-12(10)11(16-14)4-3-9-5-7-17-8-9/h1-2,5-8,11,16H,3-4,14H2. The smallest absolute Gasteiger partial charge is 0.0728 e. The number of thiophene rings is 1. The summed E-state index contributed by atoms with van der Waals surface area (Å²) in [6.07, 6.45) is 3.72. The minimum Gasteiger partial charge on any atom is -0.271 e. The lowest BCUT2D eigenvalue weighted by Gasteiger charge is -2.16. The van der Waals surface area contributed by atoms with E-state index in [2.05, 4.69) is 43.2 Å². The molecule has 1 unspecified atom stereocenters. The zero-order chi connectivity index (χ0) is 12.1. The Morgan fingerprint density at radius 1 is 1.47 bits per heavy atom. The molecule has 0 saturated carbocycles. The number of rotatable bonds is 5. The lowest BCUT2D eigenvalue weighted by molar-refractivity contribution is 0.503. The van der Waals surface area contributed by atoms with Crippen LogP contribution in [0.2, 0.25) is 0 Å². The third-order valence-electron chi connectivity index (χ3n) is 2.62. The van der Waals surface area contributed by atoms with Gasteiger partial charge in [-0.15, -0.1) is 0 Å². The van der Waals surface area contributed by atoms with Gasteiger partial charge in [0.05, 0.1) is 11.7 Å². The first-order valence-corrected chi connectivity index (χ1v) is 7.12. The summed E-state index contributed by atoms with van der Waals surface area (Å²) in [6, 6.07) is 6.11. The van der Waals surface area contributed by atoms with E-state index in [1.54, 1.807) is 17.5 Å². The van der Waals surface area contributed by atoms with E-state index < -0.39 is 0 Å². The minimum atomic E-state index is 0.0745. The van der Waals surface area contributed by atoms with Crippen molar-refractivity contribution in [3.63, 3.8) is 0 Å². The van der Waals surface area contributed by atoms with Gasteiger partial charge in [0.15, 0.2) is 0 Å². The summed E-state index contributed by atoms with van der Waals surface area (Å²) < 4.78 is 0.994. The van der Waals surface area contributed by atoms with Crippen molar-refractivity contribution in [2.75, 3.05) is 0 Å². The second kappa shape index (κ2) is 6.26. The Morgan fingerprint density at radius 3 is 3.00 bits per heavy atom. The fraction of sp³-hybridized carbons (Fsp3) is 0.250. The highest BCUT2D eigenvalue weighted by Crippen LogP contribution is 2.24. The molecule has 0 fully saturated rings. The van der Waals surface area contributed by atoms with Crippen LogP contribution in [0.25, 0.3) is 0 Å². The number of hydrogen-bond donors (Lipinski definition) is 2. The summed E-state index contributed by atoms with van der Waals surface area (Å²) in [4.78, 5) is 4.36. The van der Waals surface area contributed by atoms with E-state index in [9.17, 15) is 0 Å². The summed E-state index contributed by atoms with van der Waals surface area (Å²) >= 11 is 5.22. The fourth-order valence-corrected chi connectivity index (χ4v) is 2.93. The molecule has 0 aliphatic rings. The molecule has 0 saturated heterocycles. The van der Waals surface area contributed by atoms with E-state index in [0.717, 1.165) is 23.0 Å². The van der Waals surface area contributed by atoms with Gasteiger partial charge in [0.25, 0.3) is 0 Å². The first-order valence-electron chi connectivity index (χ1n) is 5.39. The first kappa shape index (κ1) is 12.7. The van der Waals surface area contributed by atoms with E-state index in [1.165, 1.54) is 5.56 Å². The monoisotopic (exact) mass is 311 g/mol. The molecule has 2 aromatic rings. The third kappa shape index (κ3) is 3.35. The number of pyridine rings is 1. The number of nitrogens with one attached hydrogen (secondary N) is 1. The molecule has 0 radical (unpaired) electrons. The summed E-state index contributed by atoms with van der Waals surface area (Å²) in [7, 11) is 0. The number of aromatic nitrogens is 1. The van der Waals surface area contributed by atoms with Crippen molar-refractivity contribution in [2.24, 2.45) is 5.84 Å². The van der Waals surface area contributed by atoms with Gasteiger partial charge in [-0.1, -0.05) is 0 Å². The molecule has 17 heavy (non-hydrogen) atoms. The molecule has 3 nitrogen and oxygen atoms in total. The maximum Gasteiger partial charge on any atom is 0.0728 e. The number of aryl methyl sites for hydroxylation is 1. The van der Waals surface area contributed by atoms with Gasteiger partial charge in [-0.05, 0) is 63.3 Å². The molecule has 2 rings (SSSR count). The SMILES string of the molecule is NNC(CCc1ccsc1)c1ncccc1Br. The zero-order valence-corrected chi connectivity index (χ0v) is 11.7. The Labute approximate surface area is 113 Å². The maximum absolute atomic E-state index is 5.60. The quantitative estimate of drug-likeness (QED) is 0.659. The van der Waals surface area contributed by atoms with Crippen molar-refractivity contribution in [1.29, 1.82) is 0 Å². The highest BCUT2D eigenvalue weighted by atomic mass is 79.9. The number of hydrazine groups is 1. The number of nitrogens with two attached hydrogens (primary N) is 1. The van der Waals surface area contributed by atoms with Crippen LogP contribution in [0.5, 0.6) is 0 Å². The second-order valence-corrected chi connectivity index (χ2v) is 5.39. The largest absolute Gasteiger partial charge is 0.271 e. The molecule has 0 amide bonds. The van der Waals surface area contributed by atoms with Crippen LogP contribution in [0, 0.1) is 0 Å². The van der Waals surface area contributed by atoms with Crippen LogP contribution in [-0.2, 0) is 6.42 Å². The molecule has 0 aliphatic heterocycles. The molecule has 2 heterocycles. The van der Waals surface area contributed by atoms with Crippen LogP contribution in [0.3, 0.4) is 0 Å². The van der Waals surface area contributed by atoms with Crippen molar-refractivity contribution < 1.29 is 0 Å². The van der Waals surface area contributed by atoms with Crippen molar-refractivity contribution >= 4 is 27.3 Å². The van der Waals surface area contributed by atoms with Gasteiger partial charge in [0.2, 0.25) is 0 Å². The molecule has 0 spiro atoms. The van der Waals surface area contributed by atoms with E-state index in [0.29, 0.717) is 0 Å². The lowest BCUT2D eigenvalue weighted by Crippen LogP contribution is -2.29. The van der Waals surface area contributed by atoms with Gasteiger partial charge in [0.1, 0.15) is 0 Å². The van der Waals surface area contributed by atoms with Gasteiger partial charge < -0.3 is 0 Å². The number of halogens is 1. The molecular formula is C12H14BrN3S. The van der Waals surface area contributed by atoms with Crippen LogP contribution in [0.1, 0.15) is 23.7 Å². The third-order valence-corrected chi connectivity index (χ3v) is 4.02. The van der Waals surface area contributed by atoms with Crippen LogP contribution in [-0.4, -0.2) is 4.98 Å². The molecule has 1 atom stereocenters. The average Bonchev–Trinajstić information content (AvgIpc) is 2.85. The van der Waals surface area contributed by atoms with Gasteiger partial charge in [0, 0.05) is 10.7 Å². The molecule has 2 aromatic heterocycles. The first-order chi connectivity index (χ1) is 8.31. The van der Waals surface area contributed by atoms with Gasteiger partial charge in [-0.25, -0.2) is 0 Å². The number of hydrogen-bond acceptors (Lipinski definition) is 4. The Bertz CT molecular complexity index is 459. The molecule has 0 aromatic carbocycles. The van der Waals surface area contributed by atoms with E-state index in [-0.39, 0.29) is 6.04 Å². The van der Waals surface area contributed by atoms with Gasteiger partial charge >= 0.3 is 0 Å². The maximum atomic E-state index is 5.60. The van der Waals surface area contributed by atoms with Crippen LogP contribution in [0.15, 0.2) is 39.6 Å². The minimum absolute atomic E-state index is 0.0745. The number of nitrogens with zero attached hydrogens (tertiary/aromatic N) is 1. The molecule has 0 aliphatic carbocycles. The lowest BCUT2D eigenvalue weighted by atomic mass is 10.1. The van der Waals surface area contributed by atoms with Crippen LogP contribution in [0.4, 0.5) is 0 Å². The van der Waals surface area contributed by atoms with E-state index in [4.69, 9.17) is 5.84 Å². The van der Waals surface area contributed by atoms with Crippen LogP contribution < -0.4 is 11.3 Å². The Balaban J connectivity index is 2.04. The Morgan fingerprint density at radius 2 is 2.35 bits per heavy atom. The predicted molar refractivity (Wildman–Crippen MR) is 74.6 cm³/mol. The molecular weight excluding hydrogens is 298 g/mol. The normalized spacial score (nSPS) is 12.6. The molecule has 5 heteroatoms. The summed E-state index contributed by atoms with van der Waals surface area (Å²) in [5, 5.41) is 4.26. The van der Waals surface area contributed by atoms with E-state index >= 15 is 0 Å². The zero-order valence-electron chi connectivity index (χ0n) is 9.27. The Hall–Kier alpha value is -0.750. The van der Waals surface area contributed by atoms with Gasteiger partial charge in [-0.3, -0.25) is 16.3 Å².